The molecule has 31 heavy (non-hydrogen) atoms. The second-order valence-corrected chi connectivity index (χ2v) is 8.84. The molecule has 8 nitrogen and oxygen atoms in total. The van der Waals surface area contributed by atoms with Crippen LogP contribution in [0.2, 0.25) is 0 Å². The molecule has 170 valence electrons. The summed E-state index contributed by atoms with van der Waals surface area (Å²) in [5, 5.41) is 2.83. The molecule has 2 aromatic carbocycles. The normalized spacial score (nSPS) is 12.3. The Morgan fingerprint density at radius 2 is 1.65 bits per heavy atom. The molecule has 1 N–H and O–H groups in total. The molecule has 2 rings (SSSR count). The number of nitrogens with zero attached hydrogens (tertiary/aromatic N) is 1. The van der Waals surface area contributed by atoms with Crippen LogP contribution in [-0.4, -0.2) is 52.5 Å². The summed E-state index contributed by atoms with van der Waals surface area (Å²) in [6, 6.07) is 11.1. The molecule has 1 amide bonds. The van der Waals surface area contributed by atoms with Crippen molar-refractivity contribution >= 4 is 15.9 Å². The fourth-order valence-corrected chi connectivity index (χ4v) is 4.05. The van der Waals surface area contributed by atoms with Gasteiger partial charge in [0.2, 0.25) is 15.9 Å². The maximum atomic E-state index is 12.7. The maximum Gasteiger partial charge on any atom is 0.243 e. The van der Waals surface area contributed by atoms with Gasteiger partial charge in [0.25, 0.3) is 0 Å². The van der Waals surface area contributed by atoms with E-state index in [2.05, 4.69) is 5.32 Å². The Morgan fingerprint density at radius 1 is 1.03 bits per heavy atom. The van der Waals surface area contributed by atoms with Crippen LogP contribution in [-0.2, 0) is 14.8 Å². The molecule has 0 aliphatic rings. The van der Waals surface area contributed by atoms with Crippen molar-refractivity contribution in [3.8, 4) is 17.2 Å². The van der Waals surface area contributed by atoms with E-state index in [1.54, 1.807) is 18.2 Å². The van der Waals surface area contributed by atoms with Gasteiger partial charge in [-0.25, -0.2) is 8.42 Å². The molecule has 0 fully saturated rings. The Bertz CT molecular complexity index is 976. The summed E-state index contributed by atoms with van der Waals surface area (Å²) in [5.74, 6) is 1.37. The fraction of sp³-hybridized carbons (Fsp3) is 0.409. The molecule has 0 aromatic heterocycles. The minimum Gasteiger partial charge on any atom is -0.497 e. The van der Waals surface area contributed by atoms with Gasteiger partial charge in [-0.1, -0.05) is 6.07 Å². The first-order valence-electron chi connectivity index (χ1n) is 10.0. The molecule has 0 aliphatic carbocycles. The zero-order chi connectivity index (χ0) is 23.0. The van der Waals surface area contributed by atoms with E-state index in [1.807, 2.05) is 32.9 Å². The Morgan fingerprint density at radius 3 is 2.23 bits per heavy atom. The van der Waals surface area contributed by atoms with Crippen LogP contribution in [0.1, 0.15) is 32.4 Å². The van der Waals surface area contributed by atoms with Gasteiger partial charge in [-0.3, -0.25) is 4.79 Å². The van der Waals surface area contributed by atoms with Crippen molar-refractivity contribution in [3.63, 3.8) is 0 Å². The largest absolute Gasteiger partial charge is 0.497 e. The Balaban J connectivity index is 2.06. The second kappa shape index (κ2) is 11.0. The number of methoxy groups -OCH3 is 1. The summed E-state index contributed by atoms with van der Waals surface area (Å²) in [7, 11) is -0.933. The zero-order valence-electron chi connectivity index (χ0n) is 18.5. The lowest BCUT2D eigenvalue weighted by Gasteiger charge is -2.20. The highest BCUT2D eigenvalue weighted by atomic mass is 32.2. The average Bonchev–Trinajstić information content (AvgIpc) is 2.75. The lowest BCUT2D eigenvalue weighted by molar-refractivity contribution is -0.121. The van der Waals surface area contributed by atoms with E-state index in [9.17, 15) is 13.2 Å². The first-order chi connectivity index (χ1) is 14.7. The van der Waals surface area contributed by atoms with Crippen LogP contribution < -0.4 is 19.5 Å². The number of hydrogen-bond donors (Lipinski definition) is 1. The van der Waals surface area contributed by atoms with E-state index < -0.39 is 15.9 Å². The van der Waals surface area contributed by atoms with Crippen molar-refractivity contribution in [2.24, 2.45) is 0 Å². The predicted octanol–water partition coefficient (Wildman–Crippen LogP) is 2.99. The average molecular weight is 451 g/mol. The summed E-state index contributed by atoms with van der Waals surface area (Å²) in [5.41, 5.74) is 0.820. The quantitative estimate of drug-likeness (QED) is 0.566. The van der Waals surface area contributed by atoms with Crippen molar-refractivity contribution in [2.45, 2.75) is 31.7 Å². The number of sulfonamides is 1. The molecule has 0 radical (unpaired) electrons. The monoisotopic (exact) mass is 450 g/mol. The number of carbonyl (C=O) groups is 1. The van der Waals surface area contributed by atoms with Gasteiger partial charge in [-0.2, -0.15) is 4.31 Å². The molecule has 0 heterocycles. The van der Waals surface area contributed by atoms with Crippen LogP contribution in [0.25, 0.3) is 0 Å². The number of hydrogen-bond acceptors (Lipinski definition) is 6. The Labute approximate surface area is 184 Å². The molecule has 2 aromatic rings. The van der Waals surface area contributed by atoms with Gasteiger partial charge in [0.15, 0.2) is 11.5 Å². The number of carbonyl (C=O) groups excluding carboxylic acids is 1. The Hall–Kier alpha value is -2.78. The van der Waals surface area contributed by atoms with Crippen LogP contribution in [0.15, 0.2) is 47.4 Å². The van der Waals surface area contributed by atoms with Crippen molar-refractivity contribution in [3.05, 3.63) is 48.0 Å². The SMILES string of the molecule is CCOc1ccc([C@H](C)NC(=O)CN(C)S(=O)(=O)c2ccc(OC)cc2)cc1OCC. The molecule has 0 unspecified atom stereocenters. The summed E-state index contributed by atoms with van der Waals surface area (Å²) >= 11 is 0. The van der Waals surface area contributed by atoms with Crippen LogP contribution in [0, 0.1) is 0 Å². The standard InChI is InChI=1S/C22H30N2O6S/c1-6-29-20-13-8-17(14-21(20)30-7-2)16(3)23-22(25)15-24(4)31(26,27)19-11-9-18(28-5)10-12-19/h8-14,16H,6-7,15H2,1-5H3,(H,23,25)/t16-/m0/s1. The highest BCUT2D eigenvalue weighted by Crippen LogP contribution is 2.30. The third-order valence-corrected chi connectivity index (χ3v) is 6.40. The van der Waals surface area contributed by atoms with Gasteiger partial charge in [-0.05, 0) is 62.7 Å². The van der Waals surface area contributed by atoms with Gasteiger partial charge >= 0.3 is 0 Å². The number of likely N-dealkylation sites (N-methyl/N-ethyl adjacent to an activating group) is 1. The van der Waals surface area contributed by atoms with E-state index in [0.29, 0.717) is 30.5 Å². The number of benzene rings is 2. The molecule has 9 heteroatoms. The lowest BCUT2D eigenvalue weighted by atomic mass is 10.1. The molecule has 1 atom stereocenters. The van der Waals surface area contributed by atoms with E-state index in [4.69, 9.17) is 14.2 Å². The highest BCUT2D eigenvalue weighted by Gasteiger charge is 2.24. The number of nitrogens with one attached hydrogen (secondary N) is 1. The van der Waals surface area contributed by atoms with E-state index in [0.717, 1.165) is 9.87 Å². The van der Waals surface area contributed by atoms with E-state index in [1.165, 1.54) is 26.3 Å². The van der Waals surface area contributed by atoms with Crippen molar-refractivity contribution in [1.82, 2.24) is 9.62 Å². The maximum absolute atomic E-state index is 12.7. The van der Waals surface area contributed by atoms with Crippen LogP contribution in [0.3, 0.4) is 0 Å². The summed E-state index contributed by atoms with van der Waals surface area (Å²) < 4.78 is 42.7. The number of rotatable bonds is 11. The van der Waals surface area contributed by atoms with Crippen molar-refractivity contribution in [2.75, 3.05) is 33.9 Å². The summed E-state index contributed by atoms with van der Waals surface area (Å²) in [4.78, 5) is 12.6. The van der Waals surface area contributed by atoms with Crippen LogP contribution >= 0.6 is 0 Å². The number of amides is 1. The first-order valence-corrected chi connectivity index (χ1v) is 11.5. The topological polar surface area (TPSA) is 94.2 Å². The zero-order valence-corrected chi connectivity index (χ0v) is 19.4. The summed E-state index contributed by atoms with van der Waals surface area (Å²) in [6.45, 7) is 6.28. The van der Waals surface area contributed by atoms with Crippen molar-refractivity contribution < 1.29 is 27.4 Å². The van der Waals surface area contributed by atoms with Gasteiger partial charge in [0.05, 0.1) is 37.8 Å². The number of ether oxygens (including phenoxy) is 3. The third kappa shape index (κ3) is 6.35. The smallest absolute Gasteiger partial charge is 0.243 e. The molecule has 0 aliphatic heterocycles. The molecular formula is C22H30N2O6S. The van der Waals surface area contributed by atoms with Crippen molar-refractivity contribution in [1.29, 1.82) is 0 Å². The molecule has 0 saturated heterocycles. The Kier molecular flexibility index (Phi) is 8.70. The molecular weight excluding hydrogens is 420 g/mol. The van der Waals surface area contributed by atoms with Crippen LogP contribution in [0.5, 0.6) is 17.2 Å². The minimum absolute atomic E-state index is 0.0875. The van der Waals surface area contributed by atoms with E-state index in [-0.39, 0.29) is 17.5 Å². The first kappa shape index (κ1) is 24.5. The molecule has 0 spiro atoms. The highest BCUT2D eigenvalue weighted by molar-refractivity contribution is 7.89. The minimum atomic E-state index is -3.81. The summed E-state index contributed by atoms with van der Waals surface area (Å²) in [6.07, 6.45) is 0. The van der Waals surface area contributed by atoms with E-state index >= 15 is 0 Å². The van der Waals surface area contributed by atoms with Gasteiger partial charge in [-0.15, -0.1) is 0 Å². The second-order valence-electron chi connectivity index (χ2n) is 6.80. The van der Waals surface area contributed by atoms with Gasteiger partial charge < -0.3 is 19.5 Å². The van der Waals surface area contributed by atoms with Crippen LogP contribution in [0.4, 0.5) is 0 Å². The van der Waals surface area contributed by atoms with Gasteiger partial charge in [0, 0.05) is 7.05 Å². The molecule has 0 bridgehead atoms. The molecule has 0 saturated carbocycles. The van der Waals surface area contributed by atoms with Gasteiger partial charge in [0.1, 0.15) is 5.75 Å². The lowest BCUT2D eigenvalue weighted by Crippen LogP contribution is -2.39. The third-order valence-electron chi connectivity index (χ3n) is 4.58. The predicted molar refractivity (Wildman–Crippen MR) is 118 cm³/mol. The fourth-order valence-electron chi connectivity index (χ4n) is 2.92.